The van der Waals surface area contributed by atoms with E-state index in [2.05, 4.69) is 29.2 Å². The molecular formula is C21H22F4N6O7S2. The van der Waals surface area contributed by atoms with Gasteiger partial charge in [-0.05, 0) is 43.8 Å². The van der Waals surface area contributed by atoms with Gasteiger partial charge in [-0.3, -0.25) is 8.75 Å². The molecule has 1 aliphatic heterocycles. The van der Waals surface area contributed by atoms with Gasteiger partial charge in [0.15, 0.2) is 29.4 Å². The highest BCUT2D eigenvalue weighted by molar-refractivity contribution is 8.00. The van der Waals surface area contributed by atoms with Gasteiger partial charge in [0.1, 0.15) is 18.5 Å². The molecule has 0 saturated carbocycles. The van der Waals surface area contributed by atoms with Crippen molar-refractivity contribution < 1.29 is 49.5 Å². The Morgan fingerprint density at radius 2 is 2.02 bits per heavy atom. The second-order valence-corrected chi connectivity index (χ2v) is 11.0. The lowest BCUT2D eigenvalue weighted by molar-refractivity contribution is -0.0405. The predicted octanol–water partition coefficient (Wildman–Crippen LogP) is 3.17. The van der Waals surface area contributed by atoms with E-state index < -0.39 is 59.2 Å². The number of alkyl halides is 4. The highest BCUT2D eigenvalue weighted by Gasteiger charge is 2.46. The van der Waals surface area contributed by atoms with Gasteiger partial charge in [0.2, 0.25) is 0 Å². The fourth-order valence-corrected chi connectivity index (χ4v) is 4.85. The average molecular weight is 611 g/mol. The molecule has 1 fully saturated rings. The van der Waals surface area contributed by atoms with Gasteiger partial charge in [0.05, 0.1) is 19.0 Å². The maximum absolute atomic E-state index is 15.1. The van der Waals surface area contributed by atoms with Crippen molar-refractivity contribution in [2.45, 2.75) is 55.0 Å². The number of hydrogen-bond acceptors (Lipinski definition) is 12. The number of aromatic nitrogens is 4. The molecule has 0 radical (unpaired) electrons. The summed E-state index contributed by atoms with van der Waals surface area (Å²) < 4.78 is 94.6. The molecule has 0 aliphatic carbocycles. The second-order valence-electron chi connectivity index (χ2n) is 8.54. The summed E-state index contributed by atoms with van der Waals surface area (Å²) in [5.74, 6) is 0.0946. The summed E-state index contributed by atoms with van der Waals surface area (Å²) in [7, 11) is -4.66. The van der Waals surface area contributed by atoms with E-state index in [-0.39, 0.29) is 39.3 Å². The van der Waals surface area contributed by atoms with Crippen molar-refractivity contribution in [1.82, 2.24) is 24.2 Å². The molecule has 40 heavy (non-hydrogen) atoms. The largest absolute Gasteiger partial charge is 0.446 e. The first kappa shape index (κ1) is 29.7. The smallest absolute Gasteiger partial charge is 0.446 e. The van der Waals surface area contributed by atoms with Crippen molar-refractivity contribution in [3.63, 3.8) is 0 Å². The lowest BCUT2D eigenvalue weighted by Crippen LogP contribution is -2.37. The number of thioether (sulfide) groups is 1. The minimum Gasteiger partial charge on any atom is -0.446 e. The molecule has 1 saturated heterocycles. The molecule has 0 unspecified atom stereocenters. The van der Waals surface area contributed by atoms with Crippen LogP contribution in [0.3, 0.4) is 0 Å². The van der Waals surface area contributed by atoms with Crippen LogP contribution in [0.15, 0.2) is 41.8 Å². The molecule has 3 heterocycles. The normalized spacial score (nSPS) is 21.6. The first-order valence-corrected chi connectivity index (χ1v) is 13.6. The molecule has 0 spiro atoms. The highest BCUT2D eigenvalue weighted by Crippen LogP contribution is 2.38. The maximum Gasteiger partial charge on any atom is 0.446 e. The summed E-state index contributed by atoms with van der Waals surface area (Å²) in [5.41, 5.74) is -4.05. The van der Waals surface area contributed by atoms with Crippen LogP contribution < -0.4 is 10.0 Å². The molecular weight excluding hydrogens is 588 g/mol. The Hall–Kier alpha value is -3.26. The Bertz CT molecular complexity index is 1470. The summed E-state index contributed by atoms with van der Waals surface area (Å²) in [6.45, 7) is 2.15. The number of rotatable bonds is 9. The summed E-state index contributed by atoms with van der Waals surface area (Å²) in [4.78, 5) is 23.7. The third-order valence-electron chi connectivity index (χ3n) is 5.20. The number of carbonyl (C=O) groups is 1. The van der Waals surface area contributed by atoms with Gasteiger partial charge in [-0.25, -0.2) is 24.1 Å². The number of fused-ring (bicyclic) bond motifs is 1. The Morgan fingerprint density at radius 3 is 2.73 bits per heavy atom. The number of benzene rings is 1. The monoisotopic (exact) mass is 610 g/mol. The lowest BCUT2D eigenvalue weighted by Gasteiger charge is -2.16. The van der Waals surface area contributed by atoms with Crippen LogP contribution in [-0.4, -0.2) is 75.7 Å². The number of anilines is 2. The van der Waals surface area contributed by atoms with Crippen molar-refractivity contribution in [3.05, 3.63) is 36.9 Å². The first-order valence-electron chi connectivity index (χ1n) is 11.4. The van der Waals surface area contributed by atoms with Crippen molar-refractivity contribution >= 4 is 50.8 Å². The van der Waals surface area contributed by atoms with Crippen molar-refractivity contribution in [1.29, 1.82) is 0 Å². The number of ether oxygens (including phenoxy) is 2. The number of nitrogens with one attached hydrogen (secondary N) is 2. The van der Waals surface area contributed by atoms with Gasteiger partial charge in [-0.15, -0.1) is 0 Å². The number of carbonyl (C=O) groups excluding carboxylic acids is 1. The maximum atomic E-state index is 15.1. The summed E-state index contributed by atoms with van der Waals surface area (Å²) >= 11 is -0.288. The van der Waals surface area contributed by atoms with E-state index >= 15 is 4.39 Å². The quantitative estimate of drug-likeness (QED) is 0.240. The number of halogens is 4. The average Bonchev–Trinajstić information content (AvgIpc) is 3.38. The van der Waals surface area contributed by atoms with Crippen LogP contribution in [0.4, 0.5) is 33.9 Å². The van der Waals surface area contributed by atoms with Crippen LogP contribution in [0, 0.1) is 0 Å². The van der Waals surface area contributed by atoms with E-state index in [4.69, 9.17) is 4.74 Å². The van der Waals surface area contributed by atoms with E-state index in [9.17, 15) is 31.5 Å². The first-order chi connectivity index (χ1) is 18.7. The molecule has 19 heteroatoms. The van der Waals surface area contributed by atoms with Crippen LogP contribution in [0.2, 0.25) is 0 Å². The van der Waals surface area contributed by atoms with Gasteiger partial charge < -0.3 is 19.9 Å². The Balaban J connectivity index is 1.48. The van der Waals surface area contributed by atoms with E-state index in [0.717, 1.165) is 17.2 Å². The number of aliphatic hydroxyl groups excluding tert-OH is 1. The van der Waals surface area contributed by atoms with Crippen molar-refractivity contribution in [2.24, 2.45) is 0 Å². The van der Waals surface area contributed by atoms with Crippen molar-refractivity contribution in [2.75, 3.05) is 11.9 Å². The van der Waals surface area contributed by atoms with E-state index in [1.54, 1.807) is 0 Å². The summed E-state index contributed by atoms with van der Waals surface area (Å²) in [5, 5.41) is 13.2. The zero-order valence-corrected chi connectivity index (χ0v) is 22.2. The molecule has 1 aromatic carbocycles. The van der Waals surface area contributed by atoms with Gasteiger partial charge in [0.25, 0.3) is 0 Å². The van der Waals surface area contributed by atoms with E-state index in [0.29, 0.717) is 0 Å². The SMILES string of the molecule is CC(C)OC(=O)NS(=O)(=O)OC[C@H]1O[C@@H](n2cnc3c(Nc4cccc(SC(F)(F)F)c4)ncnc32)[C@@H](F)[C@@H]1O. The van der Waals surface area contributed by atoms with Gasteiger partial charge in [0, 0.05) is 10.6 Å². The molecule has 4 atom stereocenters. The molecule has 1 aliphatic rings. The van der Waals surface area contributed by atoms with E-state index in [1.165, 1.54) is 42.8 Å². The molecule has 3 N–H and O–H groups in total. The Morgan fingerprint density at radius 1 is 1.27 bits per heavy atom. The lowest BCUT2D eigenvalue weighted by atomic mass is 10.1. The number of nitrogens with zero attached hydrogens (tertiary/aromatic N) is 4. The van der Waals surface area contributed by atoms with Crippen molar-refractivity contribution in [3.8, 4) is 0 Å². The molecule has 0 bridgehead atoms. The van der Waals surface area contributed by atoms with Crippen LogP contribution >= 0.6 is 11.8 Å². The van der Waals surface area contributed by atoms with Crippen LogP contribution in [-0.2, 0) is 24.0 Å². The topological polar surface area (TPSA) is 167 Å². The Kier molecular flexibility index (Phi) is 8.69. The molecule has 4 rings (SSSR count). The third-order valence-corrected chi connectivity index (χ3v) is 6.78. The standard InChI is InChI=1S/C21H22F4N6O7S2/c1-10(2)37-20(33)30-40(34,35)36-7-13-16(32)14(22)19(38-13)31-9-28-15-17(26-8-27-18(15)31)29-11-4-3-5-12(6-11)39-21(23,24)25/h3-6,8-10,13-14,16,19,32H,7H2,1-2H3,(H,30,33)(H,26,27,29)/t13-,14+,16-,19-/m1/s1. The minimum atomic E-state index is -4.66. The van der Waals surface area contributed by atoms with Gasteiger partial charge in [-0.2, -0.15) is 26.3 Å². The fraction of sp³-hybridized carbons (Fsp3) is 0.429. The number of hydrogen-bond donors (Lipinski definition) is 3. The number of imidazole rings is 1. The van der Waals surface area contributed by atoms with Crippen LogP contribution in [0.5, 0.6) is 0 Å². The predicted molar refractivity (Wildman–Crippen MR) is 131 cm³/mol. The van der Waals surface area contributed by atoms with E-state index in [1.807, 2.05) is 0 Å². The number of amides is 1. The highest BCUT2D eigenvalue weighted by atomic mass is 32.2. The van der Waals surface area contributed by atoms with Crippen LogP contribution in [0.25, 0.3) is 11.2 Å². The zero-order valence-electron chi connectivity index (χ0n) is 20.6. The molecule has 218 valence electrons. The van der Waals surface area contributed by atoms with Gasteiger partial charge in [-0.1, -0.05) is 6.07 Å². The Labute approximate surface area is 228 Å². The summed E-state index contributed by atoms with van der Waals surface area (Å²) in [6.07, 6.45) is -6.52. The molecule has 13 nitrogen and oxygen atoms in total. The molecule has 2 aromatic heterocycles. The minimum absolute atomic E-state index is 0.0467. The van der Waals surface area contributed by atoms with Gasteiger partial charge >= 0.3 is 21.9 Å². The van der Waals surface area contributed by atoms with Crippen LogP contribution in [0.1, 0.15) is 20.1 Å². The zero-order chi connectivity index (χ0) is 29.2. The fourth-order valence-electron chi connectivity index (χ4n) is 3.63. The number of aliphatic hydroxyl groups is 1. The molecule has 3 aromatic rings. The summed E-state index contributed by atoms with van der Waals surface area (Å²) in [6, 6.07) is 5.47. The molecule has 1 amide bonds. The second kappa shape index (κ2) is 11.7. The third kappa shape index (κ3) is 7.27.